The molecule has 6 fully saturated rings. The van der Waals surface area contributed by atoms with Gasteiger partial charge in [-0.3, -0.25) is 0 Å². The molecule has 6 nitrogen and oxygen atoms in total. The molecule has 0 N–H and O–H groups in total. The van der Waals surface area contributed by atoms with Crippen LogP contribution in [0.3, 0.4) is 0 Å². The maximum absolute atomic E-state index is 12.2. The van der Waals surface area contributed by atoms with Gasteiger partial charge in [-0.1, -0.05) is 20.8 Å². The molecular formula is C22H28O6S. The maximum Gasteiger partial charge on any atom is 0.334 e. The molecule has 1 unspecified atom stereocenters. The molecule has 3 aliphatic carbocycles. The van der Waals surface area contributed by atoms with Crippen molar-refractivity contribution in [3.8, 4) is 0 Å². The van der Waals surface area contributed by atoms with Gasteiger partial charge in [-0.15, -0.1) is 11.8 Å². The minimum atomic E-state index is -0.442. The third kappa shape index (κ3) is 1.62. The van der Waals surface area contributed by atoms with E-state index in [1.165, 1.54) is 5.57 Å². The number of esters is 1. The van der Waals surface area contributed by atoms with Crippen LogP contribution in [0.4, 0.5) is 0 Å². The molecule has 2 spiro atoms. The lowest BCUT2D eigenvalue weighted by molar-refractivity contribution is -0.370. The van der Waals surface area contributed by atoms with Crippen LogP contribution < -0.4 is 0 Å². The first-order valence-corrected chi connectivity index (χ1v) is 12.3. The van der Waals surface area contributed by atoms with Gasteiger partial charge in [0.2, 0.25) is 0 Å². The SMILES string of the molecule is CSCO[C@@H]1[C@@]2(C(C)C)O[C@H]2[C@@H]2O[C@@]23[C@@]2(C)CCC4=C(COC4=O)[C@@H]2C2C[C@@]13O2. The van der Waals surface area contributed by atoms with E-state index in [0.29, 0.717) is 18.5 Å². The van der Waals surface area contributed by atoms with Crippen LogP contribution in [0, 0.1) is 17.3 Å². The van der Waals surface area contributed by atoms with Gasteiger partial charge in [0.15, 0.2) is 0 Å². The van der Waals surface area contributed by atoms with Crippen LogP contribution in [0.15, 0.2) is 11.1 Å². The van der Waals surface area contributed by atoms with Gasteiger partial charge >= 0.3 is 5.97 Å². The molecule has 0 radical (unpaired) electrons. The summed E-state index contributed by atoms with van der Waals surface area (Å²) in [4.78, 5) is 12.2. The fourth-order valence-electron chi connectivity index (χ4n) is 8.27. The average molecular weight is 421 g/mol. The summed E-state index contributed by atoms with van der Waals surface area (Å²) in [6.45, 7) is 7.24. The normalized spacial score (nSPS) is 57.8. The second-order valence-electron chi connectivity index (χ2n) is 10.5. The summed E-state index contributed by atoms with van der Waals surface area (Å²) in [5.74, 6) is 1.03. The molecule has 8 aliphatic rings. The van der Waals surface area contributed by atoms with Crippen molar-refractivity contribution in [2.45, 2.75) is 81.3 Å². The molecule has 7 heteroatoms. The Morgan fingerprint density at radius 2 is 2.03 bits per heavy atom. The number of hydrogen-bond acceptors (Lipinski definition) is 7. The van der Waals surface area contributed by atoms with Crippen LogP contribution >= 0.6 is 11.8 Å². The number of rotatable bonds is 4. The highest BCUT2D eigenvalue weighted by atomic mass is 32.2. The summed E-state index contributed by atoms with van der Waals surface area (Å²) in [5.41, 5.74) is 0.856. The van der Waals surface area contributed by atoms with Gasteiger partial charge in [0.1, 0.15) is 41.7 Å². The molecule has 9 atom stereocenters. The van der Waals surface area contributed by atoms with Gasteiger partial charge < -0.3 is 23.7 Å². The van der Waals surface area contributed by atoms with Gasteiger partial charge in [0.25, 0.3) is 0 Å². The van der Waals surface area contributed by atoms with Crippen LogP contribution in [0.25, 0.3) is 0 Å². The summed E-state index contributed by atoms with van der Waals surface area (Å²) in [6.07, 6.45) is 4.82. The molecule has 158 valence electrons. The number of hydrogen-bond donors (Lipinski definition) is 0. The van der Waals surface area contributed by atoms with Gasteiger partial charge in [-0.05, 0) is 30.6 Å². The van der Waals surface area contributed by atoms with Crippen LogP contribution in [0.5, 0.6) is 0 Å². The molecule has 5 aliphatic heterocycles. The van der Waals surface area contributed by atoms with Gasteiger partial charge in [-0.2, -0.15) is 0 Å². The van der Waals surface area contributed by atoms with E-state index < -0.39 is 5.60 Å². The van der Waals surface area contributed by atoms with E-state index in [-0.39, 0.29) is 52.9 Å². The summed E-state index contributed by atoms with van der Waals surface area (Å²) in [5, 5.41) is 0. The monoisotopic (exact) mass is 420 g/mol. The number of cyclic esters (lactones) is 1. The molecule has 0 aromatic rings. The van der Waals surface area contributed by atoms with Crippen molar-refractivity contribution in [3.05, 3.63) is 11.1 Å². The highest BCUT2D eigenvalue weighted by Gasteiger charge is 2.98. The lowest BCUT2D eigenvalue weighted by atomic mass is 9.42. The van der Waals surface area contributed by atoms with E-state index in [1.807, 2.05) is 0 Å². The van der Waals surface area contributed by atoms with E-state index in [2.05, 4.69) is 27.0 Å². The molecule has 0 amide bonds. The van der Waals surface area contributed by atoms with Gasteiger partial charge in [-0.25, -0.2) is 4.79 Å². The molecule has 0 aromatic heterocycles. The second kappa shape index (κ2) is 5.07. The zero-order valence-electron chi connectivity index (χ0n) is 17.4. The minimum absolute atomic E-state index is 0.0629. The average Bonchev–Trinajstić information content (AvgIpc) is 3.53. The minimum Gasteiger partial charge on any atom is -0.458 e. The molecule has 8 rings (SSSR count). The summed E-state index contributed by atoms with van der Waals surface area (Å²) >= 11 is 1.69. The van der Waals surface area contributed by atoms with E-state index >= 15 is 0 Å². The Hall–Kier alpha value is -0.600. The number of carbonyl (C=O) groups is 1. The lowest BCUT2D eigenvalue weighted by Gasteiger charge is -2.70. The number of carbonyl (C=O) groups excluding carboxylic acids is 1. The highest BCUT2D eigenvalue weighted by molar-refractivity contribution is 7.98. The Balaban J connectivity index is 1.36. The smallest absolute Gasteiger partial charge is 0.334 e. The first kappa shape index (κ1) is 18.0. The first-order chi connectivity index (χ1) is 13.9. The van der Waals surface area contributed by atoms with Crippen molar-refractivity contribution >= 4 is 17.7 Å². The highest BCUT2D eigenvalue weighted by Crippen LogP contribution is 2.82. The van der Waals surface area contributed by atoms with E-state index in [9.17, 15) is 4.79 Å². The van der Waals surface area contributed by atoms with Crippen LogP contribution in [-0.2, 0) is 28.5 Å². The van der Waals surface area contributed by atoms with Gasteiger partial charge in [0.05, 0.1) is 12.0 Å². The Labute approximate surface area is 175 Å². The molecule has 2 saturated carbocycles. The van der Waals surface area contributed by atoms with Crippen LogP contribution in [0.2, 0.25) is 0 Å². The standard InChI is InChI=1S/C22H28O6S/c1-10(2)21-15(27-21)16-22(28-16)19(3)6-5-11-12(8-24-17(11)23)14(19)13-7-20(22,26-13)18(21)25-9-29-4/h10,13-16,18H,5-9H2,1-4H3/t13?,14-,15+,16+,18+,19+,20-,21+,22-/m1/s1. The Bertz CT molecular complexity index is 863. The largest absolute Gasteiger partial charge is 0.458 e. The van der Waals surface area contributed by atoms with Crippen molar-refractivity contribution in [2.24, 2.45) is 17.3 Å². The third-order valence-corrected chi connectivity index (χ3v) is 9.77. The van der Waals surface area contributed by atoms with Crippen LogP contribution in [-0.4, -0.2) is 66.0 Å². The topological polar surface area (TPSA) is 69.8 Å². The molecule has 2 bridgehead atoms. The van der Waals surface area contributed by atoms with E-state index in [1.54, 1.807) is 11.8 Å². The molecule has 5 heterocycles. The Morgan fingerprint density at radius 3 is 2.76 bits per heavy atom. The van der Waals surface area contributed by atoms with Crippen molar-refractivity contribution < 1.29 is 28.5 Å². The lowest BCUT2D eigenvalue weighted by Crippen LogP contribution is -2.84. The molecule has 0 aromatic carbocycles. The number of epoxide rings is 2. The predicted molar refractivity (Wildman–Crippen MR) is 104 cm³/mol. The predicted octanol–water partition coefficient (Wildman–Crippen LogP) is 2.45. The second-order valence-corrected chi connectivity index (χ2v) is 11.3. The van der Waals surface area contributed by atoms with Crippen LogP contribution in [0.1, 0.15) is 40.0 Å². The number of thioether (sulfide) groups is 1. The maximum atomic E-state index is 12.2. The zero-order valence-corrected chi connectivity index (χ0v) is 18.2. The molecule has 29 heavy (non-hydrogen) atoms. The van der Waals surface area contributed by atoms with Crippen molar-refractivity contribution in [3.63, 3.8) is 0 Å². The fourth-order valence-corrected chi connectivity index (χ4v) is 8.54. The molecular weight excluding hydrogens is 392 g/mol. The van der Waals surface area contributed by atoms with E-state index in [4.69, 9.17) is 23.7 Å². The van der Waals surface area contributed by atoms with Crippen molar-refractivity contribution in [1.29, 1.82) is 0 Å². The zero-order chi connectivity index (χ0) is 20.0. The Kier molecular flexibility index (Phi) is 3.15. The van der Waals surface area contributed by atoms with E-state index in [0.717, 1.165) is 24.8 Å². The van der Waals surface area contributed by atoms with Crippen molar-refractivity contribution in [2.75, 3.05) is 18.8 Å². The Morgan fingerprint density at radius 1 is 1.24 bits per heavy atom. The first-order valence-electron chi connectivity index (χ1n) is 10.9. The summed E-state index contributed by atoms with van der Waals surface area (Å²) < 4.78 is 32.0. The third-order valence-electron chi connectivity index (χ3n) is 9.40. The summed E-state index contributed by atoms with van der Waals surface area (Å²) in [7, 11) is 0. The summed E-state index contributed by atoms with van der Waals surface area (Å²) in [6, 6.07) is 0. The van der Waals surface area contributed by atoms with Gasteiger partial charge in [0, 0.05) is 23.3 Å². The quantitative estimate of drug-likeness (QED) is 0.393. The number of fused-ring (bicyclic) bond motifs is 2. The molecule has 4 saturated heterocycles. The number of ether oxygens (including phenoxy) is 5. The van der Waals surface area contributed by atoms with Crippen molar-refractivity contribution in [1.82, 2.24) is 0 Å². The fraction of sp³-hybridized carbons (Fsp3) is 0.864.